The van der Waals surface area contributed by atoms with E-state index in [1.807, 2.05) is 0 Å². The van der Waals surface area contributed by atoms with Crippen LogP contribution in [0.15, 0.2) is 28.3 Å². The van der Waals surface area contributed by atoms with Crippen molar-refractivity contribution >= 4 is 15.9 Å². The van der Waals surface area contributed by atoms with Gasteiger partial charge in [-0.2, -0.15) is 4.31 Å². The molecule has 21 heavy (non-hydrogen) atoms. The summed E-state index contributed by atoms with van der Waals surface area (Å²) in [4.78, 5) is -0.676. The molecule has 0 atom stereocenters. The zero-order valence-electron chi connectivity index (χ0n) is 11.0. The van der Waals surface area contributed by atoms with Crippen molar-refractivity contribution < 1.29 is 22.4 Å². The highest BCUT2D eigenvalue weighted by Gasteiger charge is 2.32. The minimum absolute atomic E-state index is 0.0454. The van der Waals surface area contributed by atoms with Gasteiger partial charge >= 0.3 is 0 Å². The molecule has 0 spiro atoms. The van der Waals surface area contributed by atoms with Crippen LogP contribution >= 0.6 is 0 Å². The van der Waals surface area contributed by atoms with Crippen LogP contribution in [0.3, 0.4) is 0 Å². The normalized spacial score (nSPS) is 18.9. The zero-order chi connectivity index (χ0) is 15.6. The maximum absolute atomic E-state index is 13.6. The van der Waals surface area contributed by atoms with Gasteiger partial charge in [0.1, 0.15) is 22.4 Å². The highest BCUT2D eigenvalue weighted by molar-refractivity contribution is 7.89. The molecule has 2 rings (SSSR count). The number of piperidine rings is 1. The van der Waals surface area contributed by atoms with Crippen molar-refractivity contribution in [3.63, 3.8) is 0 Å². The van der Waals surface area contributed by atoms with Gasteiger partial charge in [0.15, 0.2) is 0 Å². The standard InChI is InChI=1S/C12H15F2N3O3S/c13-9-1-2-10(14)11(7-9)21(19,20)17-5-3-8(4-6-17)12(15)16-18/h1-2,7-8,18H,3-6H2,(H2,15,16). The molecule has 1 aromatic rings. The fourth-order valence-electron chi connectivity index (χ4n) is 2.29. The van der Waals surface area contributed by atoms with Crippen LogP contribution < -0.4 is 5.73 Å². The molecule has 1 heterocycles. The quantitative estimate of drug-likeness (QED) is 0.377. The Morgan fingerprint density at radius 3 is 2.52 bits per heavy atom. The Bertz CT molecular complexity index is 656. The molecule has 1 aromatic carbocycles. The van der Waals surface area contributed by atoms with E-state index in [-0.39, 0.29) is 24.8 Å². The molecule has 116 valence electrons. The number of sulfonamides is 1. The van der Waals surface area contributed by atoms with E-state index in [0.29, 0.717) is 18.9 Å². The monoisotopic (exact) mass is 319 g/mol. The van der Waals surface area contributed by atoms with Crippen LogP contribution in [0.2, 0.25) is 0 Å². The Kier molecular flexibility index (Phi) is 4.43. The fourth-order valence-corrected chi connectivity index (χ4v) is 3.83. The number of nitrogens with two attached hydrogens (primary N) is 1. The molecular formula is C12H15F2N3O3S. The number of benzene rings is 1. The summed E-state index contributed by atoms with van der Waals surface area (Å²) >= 11 is 0. The first kappa shape index (κ1) is 15.6. The van der Waals surface area contributed by atoms with E-state index in [1.54, 1.807) is 0 Å². The number of hydrogen-bond donors (Lipinski definition) is 2. The van der Waals surface area contributed by atoms with Crippen molar-refractivity contribution in [1.82, 2.24) is 4.31 Å². The van der Waals surface area contributed by atoms with Gasteiger partial charge in [0.2, 0.25) is 10.0 Å². The SMILES string of the molecule is NC(=NO)C1CCN(S(=O)(=O)c2cc(F)ccc2F)CC1. The molecule has 1 aliphatic heterocycles. The van der Waals surface area contributed by atoms with Gasteiger partial charge in [-0.25, -0.2) is 17.2 Å². The Hall–Kier alpha value is -1.74. The van der Waals surface area contributed by atoms with Crippen LogP contribution in [0.1, 0.15) is 12.8 Å². The first-order chi connectivity index (χ1) is 9.86. The summed E-state index contributed by atoms with van der Waals surface area (Å²) in [5, 5.41) is 11.5. The lowest BCUT2D eigenvalue weighted by Crippen LogP contribution is -2.42. The molecule has 1 fully saturated rings. The highest BCUT2D eigenvalue weighted by atomic mass is 32.2. The molecule has 1 saturated heterocycles. The first-order valence-electron chi connectivity index (χ1n) is 6.29. The molecule has 0 aromatic heterocycles. The second-order valence-corrected chi connectivity index (χ2v) is 6.68. The highest BCUT2D eigenvalue weighted by Crippen LogP contribution is 2.25. The van der Waals surface area contributed by atoms with E-state index >= 15 is 0 Å². The number of nitrogens with zero attached hydrogens (tertiary/aromatic N) is 2. The van der Waals surface area contributed by atoms with E-state index in [0.717, 1.165) is 16.4 Å². The Morgan fingerprint density at radius 2 is 1.95 bits per heavy atom. The van der Waals surface area contributed by atoms with Gasteiger partial charge in [-0.1, -0.05) is 5.16 Å². The van der Waals surface area contributed by atoms with Gasteiger partial charge in [0.25, 0.3) is 0 Å². The molecule has 0 saturated carbocycles. The lowest BCUT2D eigenvalue weighted by Gasteiger charge is -2.30. The molecule has 9 heteroatoms. The summed E-state index contributed by atoms with van der Waals surface area (Å²) in [7, 11) is -4.10. The predicted octanol–water partition coefficient (Wildman–Crippen LogP) is 1.11. The molecule has 1 aliphatic rings. The van der Waals surface area contributed by atoms with E-state index in [9.17, 15) is 17.2 Å². The molecular weight excluding hydrogens is 304 g/mol. The second-order valence-electron chi connectivity index (χ2n) is 4.78. The van der Waals surface area contributed by atoms with Crippen molar-refractivity contribution in [2.24, 2.45) is 16.8 Å². The molecule has 0 bridgehead atoms. The summed E-state index contributed by atoms with van der Waals surface area (Å²) in [6.45, 7) is 0.193. The van der Waals surface area contributed by atoms with Crippen LogP contribution in [0.5, 0.6) is 0 Å². The molecule has 0 unspecified atom stereocenters. The number of hydrogen-bond acceptors (Lipinski definition) is 4. The summed E-state index contributed by atoms with van der Waals surface area (Å²) < 4.78 is 52.5. The largest absolute Gasteiger partial charge is 0.409 e. The van der Waals surface area contributed by atoms with Gasteiger partial charge in [-0.05, 0) is 31.0 Å². The summed E-state index contributed by atoms with van der Waals surface area (Å²) in [6, 6.07) is 2.31. The van der Waals surface area contributed by atoms with Crippen molar-refractivity contribution in [2.75, 3.05) is 13.1 Å². The minimum Gasteiger partial charge on any atom is -0.409 e. The fraction of sp³-hybridized carbons (Fsp3) is 0.417. The lowest BCUT2D eigenvalue weighted by molar-refractivity contribution is 0.290. The van der Waals surface area contributed by atoms with Gasteiger partial charge in [-0.15, -0.1) is 0 Å². The van der Waals surface area contributed by atoms with Crippen molar-refractivity contribution in [3.8, 4) is 0 Å². The van der Waals surface area contributed by atoms with Gasteiger partial charge < -0.3 is 10.9 Å². The van der Waals surface area contributed by atoms with Gasteiger partial charge in [0.05, 0.1) is 0 Å². The van der Waals surface area contributed by atoms with Crippen molar-refractivity contribution in [2.45, 2.75) is 17.7 Å². The Balaban J connectivity index is 2.21. The molecule has 0 radical (unpaired) electrons. The third-order valence-corrected chi connectivity index (χ3v) is 5.41. The summed E-state index contributed by atoms with van der Waals surface area (Å²) in [6.07, 6.45) is 0.706. The van der Waals surface area contributed by atoms with E-state index < -0.39 is 26.6 Å². The second kappa shape index (κ2) is 5.94. The minimum atomic E-state index is -4.10. The number of oxime groups is 1. The molecule has 0 amide bonds. The molecule has 3 N–H and O–H groups in total. The average Bonchev–Trinajstić information content (AvgIpc) is 2.49. The zero-order valence-corrected chi connectivity index (χ0v) is 11.9. The maximum atomic E-state index is 13.6. The van der Waals surface area contributed by atoms with Crippen molar-refractivity contribution in [1.29, 1.82) is 0 Å². The average molecular weight is 319 g/mol. The molecule has 6 nitrogen and oxygen atoms in total. The van der Waals surface area contributed by atoms with Crippen LogP contribution in [0, 0.1) is 17.6 Å². The van der Waals surface area contributed by atoms with Gasteiger partial charge in [0, 0.05) is 19.0 Å². The van der Waals surface area contributed by atoms with Crippen LogP contribution in [-0.2, 0) is 10.0 Å². The van der Waals surface area contributed by atoms with Crippen LogP contribution in [-0.4, -0.2) is 36.9 Å². The van der Waals surface area contributed by atoms with Crippen LogP contribution in [0.4, 0.5) is 8.78 Å². The Labute approximate surface area is 120 Å². The van der Waals surface area contributed by atoms with Crippen molar-refractivity contribution in [3.05, 3.63) is 29.8 Å². The Morgan fingerprint density at radius 1 is 1.33 bits per heavy atom. The van der Waals surface area contributed by atoms with E-state index in [1.165, 1.54) is 0 Å². The third-order valence-electron chi connectivity index (χ3n) is 3.50. The first-order valence-corrected chi connectivity index (χ1v) is 7.73. The topological polar surface area (TPSA) is 96.0 Å². The summed E-state index contributed by atoms with van der Waals surface area (Å²) in [5.41, 5.74) is 5.48. The summed E-state index contributed by atoms with van der Waals surface area (Å²) in [5.74, 6) is -1.99. The number of rotatable bonds is 3. The smallest absolute Gasteiger partial charge is 0.246 e. The van der Waals surface area contributed by atoms with Crippen LogP contribution in [0.25, 0.3) is 0 Å². The van der Waals surface area contributed by atoms with E-state index in [2.05, 4.69) is 5.16 Å². The van der Waals surface area contributed by atoms with E-state index in [4.69, 9.17) is 10.9 Å². The molecule has 0 aliphatic carbocycles. The number of amidine groups is 1. The maximum Gasteiger partial charge on any atom is 0.246 e. The lowest BCUT2D eigenvalue weighted by atomic mass is 9.97. The number of halogens is 2. The predicted molar refractivity (Wildman–Crippen MR) is 71.2 cm³/mol. The third kappa shape index (κ3) is 3.13. The van der Waals surface area contributed by atoms with Gasteiger partial charge in [-0.3, -0.25) is 0 Å².